The number of nitrogens with one attached hydrogen (secondary N) is 3. The molecule has 3 aromatic rings. The number of benzene rings is 2. The molecular weight excluding hydrogens is 402 g/mol. The van der Waals surface area contributed by atoms with Gasteiger partial charge in [-0.15, -0.1) is 0 Å². The summed E-state index contributed by atoms with van der Waals surface area (Å²) in [6.07, 6.45) is 1.42. The summed E-state index contributed by atoms with van der Waals surface area (Å²) in [5, 5.41) is 13.5. The molecule has 2 amide bonds. The van der Waals surface area contributed by atoms with Gasteiger partial charge in [0.1, 0.15) is 0 Å². The van der Waals surface area contributed by atoms with Gasteiger partial charge < -0.3 is 14.8 Å². The quantitative estimate of drug-likeness (QED) is 0.368. The second-order valence-electron chi connectivity index (χ2n) is 6.30. The standard InChI is InChI=1S/C21H21N5O5/c1-3-22-18(27)12-31-16-9-8-13(10-17(16)30-2)11-23-25-21(29)19-14-6-4-5-7-15(14)20(28)26-24-19/h4-11H,3,12H2,1-2H3,(H,22,27)(H,25,29)(H,26,28)/b23-11+. The predicted molar refractivity (Wildman–Crippen MR) is 115 cm³/mol. The molecule has 1 heterocycles. The molecule has 10 nitrogen and oxygen atoms in total. The zero-order valence-corrected chi connectivity index (χ0v) is 17.0. The van der Waals surface area contributed by atoms with Crippen molar-refractivity contribution in [3.8, 4) is 11.5 Å². The third-order valence-corrected chi connectivity index (χ3v) is 4.21. The third-order valence-electron chi connectivity index (χ3n) is 4.21. The summed E-state index contributed by atoms with van der Waals surface area (Å²) >= 11 is 0. The summed E-state index contributed by atoms with van der Waals surface area (Å²) in [4.78, 5) is 35.8. The molecule has 0 fully saturated rings. The lowest BCUT2D eigenvalue weighted by molar-refractivity contribution is -0.123. The summed E-state index contributed by atoms with van der Waals surface area (Å²) in [5.41, 5.74) is 2.69. The Balaban J connectivity index is 1.70. The Morgan fingerprint density at radius 1 is 1.16 bits per heavy atom. The molecule has 10 heteroatoms. The molecule has 0 aliphatic rings. The van der Waals surface area contributed by atoms with Crippen LogP contribution < -0.4 is 25.8 Å². The van der Waals surface area contributed by atoms with Crippen LogP contribution in [0.25, 0.3) is 10.8 Å². The van der Waals surface area contributed by atoms with Crippen LogP contribution in [0.15, 0.2) is 52.4 Å². The number of likely N-dealkylation sites (N-methyl/N-ethyl adjacent to an activating group) is 1. The molecule has 0 saturated carbocycles. The highest BCUT2D eigenvalue weighted by atomic mass is 16.5. The van der Waals surface area contributed by atoms with E-state index in [4.69, 9.17) is 9.47 Å². The fourth-order valence-corrected chi connectivity index (χ4v) is 2.78. The largest absolute Gasteiger partial charge is 0.493 e. The molecule has 0 unspecified atom stereocenters. The van der Waals surface area contributed by atoms with E-state index in [0.29, 0.717) is 34.4 Å². The van der Waals surface area contributed by atoms with Crippen LogP contribution in [-0.4, -0.2) is 48.5 Å². The van der Waals surface area contributed by atoms with Gasteiger partial charge in [-0.2, -0.15) is 10.2 Å². The highest BCUT2D eigenvalue weighted by Gasteiger charge is 2.13. The molecule has 0 spiro atoms. The summed E-state index contributed by atoms with van der Waals surface area (Å²) in [6, 6.07) is 11.6. The number of hydrogen-bond donors (Lipinski definition) is 3. The van der Waals surface area contributed by atoms with Crippen molar-refractivity contribution in [1.29, 1.82) is 0 Å². The van der Waals surface area contributed by atoms with Crippen molar-refractivity contribution < 1.29 is 19.1 Å². The van der Waals surface area contributed by atoms with Crippen molar-refractivity contribution in [3.05, 3.63) is 64.1 Å². The van der Waals surface area contributed by atoms with Crippen LogP contribution in [0, 0.1) is 0 Å². The van der Waals surface area contributed by atoms with Crippen LogP contribution in [0.2, 0.25) is 0 Å². The van der Waals surface area contributed by atoms with Crippen LogP contribution in [0.1, 0.15) is 23.0 Å². The molecule has 2 aromatic carbocycles. The van der Waals surface area contributed by atoms with Gasteiger partial charge in [0.05, 0.1) is 18.7 Å². The normalized spacial score (nSPS) is 10.8. The minimum Gasteiger partial charge on any atom is -0.493 e. The van der Waals surface area contributed by atoms with E-state index in [0.717, 1.165) is 0 Å². The number of carbonyl (C=O) groups is 2. The van der Waals surface area contributed by atoms with E-state index in [-0.39, 0.29) is 23.8 Å². The smallest absolute Gasteiger partial charge is 0.292 e. The van der Waals surface area contributed by atoms with E-state index in [1.807, 2.05) is 6.92 Å². The zero-order valence-electron chi connectivity index (χ0n) is 17.0. The lowest BCUT2D eigenvalue weighted by Gasteiger charge is -2.11. The fraction of sp³-hybridized carbons (Fsp3) is 0.190. The number of aromatic nitrogens is 2. The second kappa shape index (κ2) is 10.0. The maximum absolute atomic E-state index is 12.4. The van der Waals surface area contributed by atoms with Gasteiger partial charge in [0.2, 0.25) is 0 Å². The molecule has 31 heavy (non-hydrogen) atoms. The first kappa shape index (κ1) is 21.5. The fourth-order valence-electron chi connectivity index (χ4n) is 2.78. The molecule has 0 radical (unpaired) electrons. The Hall–Kier alpha value is -4.21. The Bertz CT molecular complexity index is 1190. The van der Waals surface area contributed by atoms with Crippen molar-refractivity contribution in [2.45, 2.75) is 6.92 Å². The van der Waals surface area contributed by atoms with E-state index in [1.165, 1.54) is 13.3 Å². The molecule has 0 atom stereocenters. The van der Waals surface area contributed by atoms with E-state index in [1.54, 1.807) is 42.5 Å². The Morgan fingerprint density at radius 2 is 1.94 bits per heavy atom. The summed E-state index contributed by atoms with van der Waals surface area (Å²) in [6.45, 7) is 2.21. The van der Waals surface area contributed by atoms with Crippen LogP contribution in [-0.2, 0) is 4.79 Å². The summed E-state index contributed by atoms with van der Waals surface area (Å²) in [5.74, 6) is 0.00516. The van der Waals surface area contributed by atoms with Crippen LogP contribution in [0.3, 0.4) is 0 Å². The van der Waals surface area contributed by atoms with Gasteiger partial charge in [-0.05, 0) is 36.8 Å². The van der Waals surface area contributed by atoms with Crippen LogP contribution >= 0.6 is 0 Å². The Kier molecular flexibility index (Phi) is 6.94. The summed E-state index contributed by atoms with van der Waals surface area (Å²) in [7, 11) is 1.48. The first-order valence-electron chi connectivity index (χ1n) is 9.41. The molecule has 0 saturated heterocycles. The molecule has 3 rings (SSSR count). The van der Waals surface area contributed by atoms with E-state index in [9.17, 15) is 14.4 Å². The highest BCUT2D eigenvalue weighted by Crippen LogP contribution is 2.27. The number of amides is 2. The average Bonchev–Trinajstić information content (AvgIpc) is 2.78. The van der Waals surface area contributed by atoms with Crippen LogP contribution in [0.5, 0.6) is 11.5 Å². The first-order valence-corrected chi connectivity index (χ1v) is 9.41. The molecule has 0 aliphatic carbocycles. The van der Waals surface area contributed by atoms with E-state index >= 15 is 0 Å². The first-order chi connectivity index (χ1) is 15.0. The average molecular weight is 423 g/mol. The lowest BCUT2D eigenvalue weighted by atomic mass is 10.1. The lowest BCUT2D eigenvalue weighted by Crippen LogP contribution is -2.28. The third kappa shape index (κ3) is 5.24. The number of aromatic amines is 1. The molecule has 1 aromatic heterocycles. The number of H-pyrrole nitrogens is 1. The maximum atomic E-state index is 12.4. The van der Waals surface area contributed by atoms with Gasteiger partial charge >= 0.3 is 0 Å². The van der Waals surface area contributed by atoms with Crippen molar-refractivity contribution in [2.24, 2.45) is 5.10 Å². The van der Waals surface area contributed by atoms with Gasteiger partial charge in [-0.1, -0.05) is 18.2 Å². The number of nitrogens with zero attached hydrogens (tertiary/aromatic N) is 2. The topological polar surface area (TPSA) is 135 Å². The molecule has 0 bridgehead atoms. The van der Waals surface area contributed by atoms with Crippen molar-refractivity contribution in [1.82, 2.24) is 20.9 Å². The van der Waals surface area contributed by atoms with Gasteiger partial charge in [0.25, 0.3) is 17.4 Å². The maximum Gasteiger partial charge on any atom is 0.292 e. The number of fused-ring (bicyclic) bond motifs is 1. The minimum absolute atomic E-state index is 0.0547. The van der Waals surface area contributed by atoms with Crippen molar-refractivity contribution >= 4 is 28.8 Å². The Morgan fingerprint density at radius 3 is 2.68 bits per heavy atom. The van der Waals surface area contributed by atoms with Crippen molar-refractivity contribution in [3.63, 3.8) is 0 Å². The van der Waals surface area contributed by atoms with Gasteiger partial charge in [-0.25, -0.2) is 10.5 Å². The molecule has 0 aliphatic heterocycles. The number of methoxy groups -OCH3 is 1. The summed E-state index contributed by atoms with van der Waals surface area (Å²) < 4.78 is 10.7. The molecular formula is C21H21N5O5. The predicted octanol–water partition coefficient (Wildman–Crippen LogP) is 1.21. The SMILES string of the molecule is CCNC(=O)COc1ccc(/C=N/NC(=O)c2n[nH]c(=O)c3ccccc23)cc1OC. The molecule has 3 N–H and O–H groups in total. The second-order valence-corrected chi connectivity index (χ2v) is 6.30. The van der Waals surface area contributed by atoms with E-state index in [2.05, 4.69) is 26.0 Å². The highest BCUT2D eigenvalue weighted by molar-refractivity contribution is 6.04. The van der Waals surface area contributed by atoms with Crippen LogP contribution in [0.4, 0.5) is 0 Å². The molecule has 160 valence electrons. The van der Waals surface area contributed by atoms with Gasteiger partial charge in [0.15, 0.2) is 23.8 Å². The zero-order chi connectivity index (χ0) is 22.2. The van der Waals surface area contributed by atoms with E-state index < -0.39 is 5.91 Å². The number of hydrogen-bond acceptors (Lipinski definition) is 7. The Labute approximate surface area is 177 Å². The number of ether oxygens (including phenoxy) is 2. The van der Waals surface area contributed by atoms with Gasteiger partial charge in [0, 0.05) is 11.9 Å². The van der Waals surface area contributed by atoms with Gasteiger partial charge in [-0.3, -0.25) is 14.4 Å². The number of carbonyl (C=O) groups excluding carboxylic acids is 2. The number of rotatable bonds is 8. The van der Waals surface area contributed by atoms with Crippen molar-refractivity contribution in [2.75, 3.05) is 20.3 Å². The minimum atomic E-state index is -0.572. The monoisotopic (exact) mass is 423 g/mol. The number of hydrazone groups is 1.